The van der Waals surface area contributed by atoms with E-state index in [1.54, 1.807) is 12.1 Å². The van der Waals surface area contributed by atoms with Crippen LogP contribution in [0.4, 0.5) is 11.4 Å². The highest BCUT2D eigenvalue weighted by atomic mass is 35.5. The molecule has 3 aromatic rings. The molecule has 5 nitrogen and oxygen atoms in total. The molecule has 0 radical (unpaired) electrons. The second-order valence-electron chi connectivity index (χ2n) is 9.35. The van der Waals surface area contributed by atoms with E-state index in [-0.39, 0.29) is 23.8 Å². The Balaban J connectivity index is 1.70. The number of benzene rings is 3. The van der Waals surface area contributed by atoms with Gasteiger partial charge in [-0.2, -0.15) is 0 Å². The predicted octanol–water partition coefficient (Wildman–Crippen LogP) is 6.55. The number of rotatable bonds is 8. The molecule has 6 heteroatoms. The Labute approximate surface area is 212 Å². The van der Waals surface area contributed by atoms with E-state index >= 15 is 0 Å². The first-order valence-corrected chi connectivity index (χ1v) is 12.4. The van der Waals surface area contributed by atoms with Crippen molar-refractivity contribution in [2.24, 2.45) is 5.92 Å². The van der Waals surface area contributed by atoms with Gasteiger partial charge in [-0.05, 0) is 61.2 Å². The summed E-state index contributed by atoms with van der Waals surface area (Å²) in [7, 11) is 3.96. The predicted molar refractivity (Wildman–Crippen MR) is 143 cm³/mol. The molecule has 0 aromatic heterocycles. The van der Waals surface area contributed by atoms with E-state index in [4.69, 9.17) is 11.6 Å². The number of hydrogen-bond donors (Lipinski definition) is 1. The quantitative estimate of drug-likeness (QED) is 0.390. The van der Waals surface area contributed by atoms with Gasteiger partial charge in [-0.25, -0.2) is 0 Å². The summed E-state index contributed by atoms with van der Waals surface area (Å²) in [6.45, 7) is 2.39. The van der Waals surface area contributed by atoms with Gasteiger partial charge in [0, 0.05) is 37.9 Å². The lowest BCUT2D eigenvalue weighted by Crippen LogP contribution is -2.34. The van der Waals surface area contributed by atoms with Gasteiger partial charge in [0.1, 0.15) is 0 Å². The zero-order chi connectivity index (χ0) is 24.9. The summed E-state index contributed by atoms with van der Waals surface area (Å²) in [5.74, 6) is 0.0328. The third-order valence-electron chi connectivity index (χ3n) is 6.76. The third-order valence-corrected chi connectivity index (χ3v) is 7.09. The van der Waals surface area contributed by atoms with Crippen molar-refractivity contribution in [2.75, 3.05) is 24.3 Å². The number of amides is 2. The Hall–Kier alpha value is -3.31. The number of carbonyl (C=O) groups excluding carboxylic acids is 2. The van der Waals surface area contributed by atoms with Crippen LogP contribution in [0.15, 0.2) is 72.8 Å². The van der Waals surface area contributed by atoms with E-state index in [1.165, 1.54) is 0 Å². The molecule has 1 atom stereocenters. The fourth-order valence-electron chi connectivity index (χ4n) is 4.41. The van der Waals surface area contributed by atoms with Crippen molar-refractivity contribution in [2.45, 2.75) is 38.8 Å². The van der Waals surface area contributed by atoms with Crippen LogP contribution >= 0.6 is 11.6 Å². The van der Waals surface area contributed by atoms with E-state index in [2.05, 4.69) is 5.32 Å². The highest BCUT2D eigenvalue weighted by Crippen LogP contribution is 2.32. The molecule has 0 aliphatic heterocycles. The van der Waals surface area contributed by atoms with Gasteiger partial charge in [0.15, 0.2) is 0 Å². The van der Waals surface area contributed by atoms with Crippen LogP contribution in [0.1, 0.15) is 53.7 Å². The fraction of sp³-hybridized carbons (Fsp3) is 0.310. The first-order valence-electron chi connectivity index (χ1n) is 12.1. The molecule has 3 aromatic carbocycles. The Bertz CT molecular complexity index is 1190. The molecular formula is C29H32ClN3O2. The van der Waals surface area contributed by atoms with Gasteiger partial charge in [0.25, 0.3) is 5.91 Å². The first kappa shape index (κ1) is 24.8. The maximum Gasteiger partial charge on any atom is 0.256 e. The number of nitrogens with one attached hydrogen (secondary N) is 1. The van der Waals surface area contributed by atoms with Crippen molar-refractivity contribution >= 4 is 34.8 Å². The van der Waals surface area contributed by atoms with E-state index in [1.807, 2.05) is 91.5 Å². The van der Waals surface area contributed by atoms with Crippen molar-refractivity contribution < 1.29 is 9.59 Å². The molecule has 1 aliphatic rings. The van der Waals surface area contributed by atoms with Gasteiger partial charge in [-0.3, -0.25) is 9.59 Å². The van der Waals surface area contributed by atoms with Crippen LogP contribution < -0.4 is 10.2 Å². The average Bonchev–Trinajstić information content (AvgIpc) is 2.81. The lowest BCUT2D eigenvalue weighted by Gasteiger charge is -2.32. The summed E-state index contributed by atoms with van der Waals surface area (Å²) >= 11 is 6.43. The SMILES string of the molecule is C[C@H](c1ccccc1)N(Cc1cc(NC(=O)C2CCC2)ccc1N(C)C)C(=O)c1ccccc1Cl. The maximum absolute atomic E-state index is 13.8. The molecule has 0 saturated heterocycles. The van der Waals surface area contributed by atoms with Crippen LogP contribution in [0.5, 0.6) is 0 Å². The van der Waals surface area contributed by atoms with Crippen molar-refractivity contribution in [1.82, 2.24) is 4.90 Å². The number of nitrogens with zero attached hydrogens (tertiary/aromatic N) is 2. The minimum atomic E-state index is -0.191. The smallest absolute Gasteiger partial charge is 0.256 e. The molecule has 4 rings (SSSR count). The molecule has 0 spiro atoms. The monoisotopic (exact) mass is 489 g/mol. The number of carbonyl (C=O) groups is 2. The number of halogens is 1. The molecule has 182 valence electrons. The van der Waals surface area contributed by atoms with Gasteiger partial charge in [0.05, 0.1) is 16.6 Å². The molecule has 2 amide bonds. The first-order chi connectivity index (χ1) is 16.8. The number of anilines is 2. The zero-order valence-electron chi connectivity index (χ0n) is 20.5. The summed E-state index contributed by atoms with van der Waals surface area (Å²) in [5, 5.41) is 3.50. The Kier molecular flexibility index (Phi) is 7.76. The van der Waals surface area contributed by atoms with E-state index < -0.39 is 0 Å². The summed E-state index contributed by atoms with van der Waals surface area (Å²) in [6.07, 6.45) is 3.01. The second-order valence-corrected chi connectivity index (χ2v) is 9.76. The Morgan fingerprint density at radius 2 is 1.69 bits per heavy atom. The third kappa shape index (κ3) is 5.68. The van der Waals surface area contributed by atoms with Gasteiger partial charge < -0.3 is 15.1 Å². The second kappa shape index (κ2) is 11.0. The Morgan fingerprint density at radius 1 is 1.00 bits per heavy atom. The highest BCUT2D eigenvalue weighted by Gasteiger charge is 2.27. The van der Waals surface area contributed by atoms with Gasteiger partial charge in [-0.15, -0.1) is 0 Å². The van der Waals surface area contributed by atoms with E-state index in [9.17, 15) is 9.59 Å². The van der Waals surface area contributed by atoms with Crippen LogP contribution in [-0.4, -0.2) is 30.8 Å². The standard InChI is InChI=1S/C29H32ClN3O2/c1-20(21-10-5-4-6-11-21)33(29(35)25-14-7-8-15-26(25)30)19-23-18-24(16-17-27(23)32(2)3)31-28(34)22-12-9-13-22/h4-8,10-11,14-18,20,22H,9,12-13,19H2,1-3H3,(H,31,34)/t20-/m1/s1. The topological polar surface area (TPSA) is 52.7 Å². The molecular weight excluding hydrogens is 458 g/mol. The summed E-state index contributed by atoms with van der Waals surface area (Å²) in [6, 6.07) is 22.8. The van der Waals surface area contributed by atoms with Crippen LogP contribution in [0.2, 0.25) is 5.02 Å². The average molecular weight is 490 g/mol. The normalized spacial score (nSPS) is 14.1. The molecule has 0 unspecified atom stereocenters. The molecule has 1 N–H and O–H groups in total. The van der Waals surface area contributed by atoms with Gasteiger partial charge in [0.2, 0.25) is 5.91 Å². The summed E-state index contributed by atoms with van der Waals surface area (Å²) in [5.41, 5.74) is 4.19. The van der Waals surface area contributed by atoms with Crippen LogP contribution in [0.3, 0.4) is 0 Å². The molecule has 0 bridgehead atoms. The molecule has 1 saturated carbocycles. The van der Waals surface area contributed by atoms with Crippen molar-refractivity contribution in [3.8, 4) is 0 Å². The van der Waals surface area contributed by atoms with Crippen molar-refractivity contribution in [3.63, 3.8) is 0 Å². The minimum absolute atomic E-state index is 0.0708. The molecule has 1 aliphatic carbocycles. The van der Waals surface area contributed by atoms with Crippen LogP contribution in [-0.2, 0) is 11.3 Å². The lowest BCUT2D eigenvalue weighted by molar-refractivity contribution is -0.122. The molecule has 35 heavy (non-hydrogen) atoms. The number of hydrogen-bond acceptors (Lipinski definition) is 3. The highest BCUT2D eigenvalue weighted by molar-refractivity contribution is 6.33. The van der Waals surface area contributed by atoms with Crippen LogP contribution in [0.25, 0.3) is 0 Å². The van der Waals surface area contributed by atoms with Crippen LogP contribution in [0, 0.1) is 5.92 Å². The van der Waals surface area contributed by atoms with E-state index in [0.717, 1.165) is 41.8 Å². The fourth-order valence-corrected chi connectivity index (χ4v) is 4.63. The van der Waals surface area contributed by atoms with Gasteiger partial charge >= 0.3 is 0 Å². The van der Waals surface area contributed by atoms with Gasteiger partial charge in [-0.1, -0.05) is 60.5 Å². The van der Waals surface area contributed by atoms with Crippen molar-refractivity contribution in [1.29, 1.82) is 0 Å². The largest absolute Gasteiger partial charge is 0.377 e. The summed E-state index contributed by atoms with van der Waals surface area (Å²) < 4.78 is 0. The molecule has 0 heterocycles. The maximum atomic E-state index is 13.8. The van der Waals surface area contributed by atoms with E-state index in [0.29, 0.717) is 17.1 Å². The summed E-state index contributed by atoms with van der Waals surface area (Å²) in [4.78, 5) is 30.3. The zero-order valence-corrected chi connectivity index (χ0v) is 21.3. The van der Waals surface area contributed by atoms with Crippen molar-refractivity contribution in [3.05, 3.63) is 94.5 Å². The molecule has 1 fully saturated rings. The lowest BCUT2D eigenvalue weighted by atomic mass is 9.85. The Morgan fingerprint density at radius 3 is 2.31 bits per heavy atom. The minimum Gasteiger partial charge on any atom is -0.377 e.